The first kappa shape index (κ1) is 23.6. The Kier molecular flexibility index (Phi) is 7.06. The number of hydrogen-bond acceptors (Lipinski definition) is 7. The summed E-state index contributed by atoms with van der Waals surface area (Å²) in [6.45, 7) is 0.541. The van der Waals surface area contributed by atoms with E-state index in [4.69, 9.17) is 11.6 Å². The second-order valence-electron chi connectivity index (χ2n) is 7.49. The number of piperidine rings is 1. The average Bonchev–Trinajstić information content (AvgIpc) is 3.30. The molecule has 0 bridgehead atoms. The van der Waals surface area contributed by atoms with Crippen molar-refractivity contribution in [2.24, 2.45) is 10.2 Å². The molecule has 4 rings (SSSR count). The van der Waals surface area contributed by atoms with E-state index in [0.29, 0.717) is 24.2 Å². The lowest BCUT2D eigenvalue weighted by Crippen LogP contribution is -2.44. The summed E-state index contributed by atoms with van der Waals surface area (Å²) >= 11 is 6.36. The minimum Gasteiger partial charge on any atom is -0.405 e. The Balaban J connectivity index is 1.51. The third-order valence-corrected chi connectivity index (χ3v) is 5.45. The van der Waals surface area contributed by atoms with Gasteiger partial charge in [-0.1, -0.05) is 35.9 Å². The van der Waals surface area contributed by atoms with Gasteiger partial charge in [0, 0.05) is 17.7 Å². The van der Waals surface area contributed by atoms with Gasteiger partial charge in [-0.15, -0.1) is 18.3 Å². The van der Waals surface area contributed by atoms with Crippen LogP contribution >= 0.6 is 11.6 Å². The molecule has 2 aromatic carbocycles. The van der Waals surface area contributed by atoms with E-state index in [1.165, 1.54) is 35.3 Å². The monoisotopic (exact) mass is 493 g/mol. The number of azo groups is 1. The molecule has 1 atom stereocenters. The van der Waals surface area contributed by atoms with Gasteiger partial charge in [-0.25, -0.2) is 4.68 Å². The van der Waals surface area contributed by atoms with Crippen LogP contribution in [0.2, 0.25) is 5.02 Å². The summed E-state index contributed by atoms with van der Waals surface area (Å²) in [5.41, 5.74) is 0.956. The zero-order valence-corrected chi connectivity index (χ0v) is 18.4. The van der Waals surface area contributed by atoms with Gasteiger partial charge in [-0.05, 0) is 47.9 Å². The number of hydrogen-bond donors (Lipinski definition) is 0. The predicted octanol–water partition coefficient (Wildman–Crippen LogP) is 5.01. The molecule has 9 nitrogen and oxygen atoms in total. The van der Waals surface area contributed by atoms with E-state index >= 15 is 0 Å². The Morgan fingerprint density at radius 3 is 2.74 bits per heavy atom. The zero-order chi connectivity index (χ0) is 24.1. The number of para-hydroxylation sites is 1. The van der Waals surface area contributed by atoms with Crippen LogP contribution < -0.4 is 4.74 Å². The van der Waals surface area contributed by atoms with Crippen molar-refractivity contribution in [1.82, 2.24) is 25.1 Å². The molecule has 1 aromatic heterocycles. The summed E-state index contributed by atoms with van der Waals surface area (Å²) in [7, 11) is 0. The third kappa shape index (κ3) is 5.87. The van der Waals surface area contributed by atoms with Gasteiger partial charge in [0.1, 0.15) is 24.8 Å². The fraction of sp³-hybridized carbons (Fsp3) is 0.333. The van der Waals surface area contributed by atoms with E-state index in [-0.39, 0.29) is 28.8 Å². The van der Waals surface area contributed by atoms with Gasteiger partial charge in [0.05, 0.1) is 10.7 Å². The maximum atomic E-state index is 12.8. The van der Waals surface area contributed by atoms with E-state index in [1.54, 1.807) is 23.1 Å². The number of aromatic nitrogens is 4. The quantitative estimate of drug-likeness (QED) is 0.449. The van der Waals surface area contributed by atoms with Gasteiger partial charge < -0.3 is 9.64 Å². The topological polar surface area (TPSA) is 97.9 Å². The molecule has 0 saturated carbocycles. The maximum absolute atomic E-state index is 12.8. The number of benzene rings is 2. The summed E-state index contributed by atoms with van der Waals surface area (Å²) in [4.78, 5) is 14.3. The lowest BCUT2D eigenvalue weighted by molar-refractivity contribution is -0.274. The number of carbonyl (C=O) groups is 1. The molecule has 178 valence electrons. The van der Waals surface area contributed by atoms with E-state index in [0.717, 1.165) is 12.8 Å². The Morgan fingerprint density at radius 2 is 2.00 bits per heavy atom. The van der Waals surface area contributed by atoms with Gasteiger partial charge in [-0.2, -0.15) is 10.2 Å². The van der Waals surface area contributed by atoms with Crippen LogP contribution in [0.15, 0.2) is 59.0 Å². The summed E-state index contributed by atoms with van der Waals surface area (Å²) in [6, 6.07) is 10.4. The lowest BCUT2D eigenvalue weighted by atomic mass is 10.0. The van der Waals surface area contributed by atoms with Crippen LogP contribution in [0.4, 0.5) is 18.9 Å². The molecule has 2 heterocycles. The van der Waals surface area contributed by atoms with Crippen LogP contribution in [-0.4, -0.2) is 50.1 Å². The molecule has 0 spiro atoms. The molecular weight excluding hydrogens is 475 g/mol. The van der Waals surface area contributed by atoms with Gasteiger partial charge in [-0.3, -0.25) is 4.79 Å². The molecule has 1 unspecified atom stereocenters. The van der Waals surface area contributed by atoms with Gasteiger partial charge in [0.2, 0.25) is 5.91 Å². The number of likely N-dealkylation sites (tertiary alicyclic amines) is 1. The van der Waals surface area contributed by atoms with Crippen LogP contribution in [0.5, 0.6) is 5.75 Å². The molecule has 3 aromatic rings. The SMILES string of the molecule is O=C(Cn1cnnn1)N1CCCCC1N=Nc1ccc(-c2ccccc2OC(F)(F)F)c(Cl)c1. The molecule has 34 heavy (non-hydrogen) atoms. The number of halogens is 4. The lowest BCUT2D eigenvalue weighted by Gasteiger charge is -2.32. The Hall–Kier alpha value is -3.54. The normalized spacial score (nSPS) is 16.7. The molecule has 0 aliphatic carbocycles. The molecule has 1 fully saturated rings. The predicted molar refractivity (Wildman–Crippen MR) is 115 cm³/mol. The fourth-order valence-electron chi connectivity index (χ4n) is 3.63. The second kappa shape index (κ2) is 10.2. The van der Waals surface area contributed by atoms with Crippen LogP contribution in [0, 0.1) is 0 Å². The zero-order valence-electron chi connectivity index (χ0n) is 17.7. The van der Waals surface area contributed by atoms with Crippen molar-refractivity contribution < 1.29 is 22.7 Å². The molecule has 0 radical (unpaired) electrons. The summed E-state index contributed by atoms with van der Waals surface area (Å²) in [5.74, 6) is -0.532. The van der Waals surface area contributed by atoms with Gasteiger partial charge in [0.25, 0.3) is 0 Å². The van der Waals surface area contributed by atoms with E-state index in [1.807, 2.05) is 0 Å². The third-order valence-electron chi connectivity index (χ3n) is 5.14. The van der Waals surface area contributed by atoms with Crippen LogP contribution in [0.3, 0.4) is 0 Å². The largest absolute Gasteiger partial charge is 0.573 e. The molecule has 1 amide bonds. The van der Waals surface area contributed by atoms with Crippen molar-refractivity contribution in [2.45, 2.75) is 38.3 Å². The highest BCUT2D eigenvalue weighted by atomic mass is 35.5. The highest BCUT2D eigenvalue weighted by molar-refractivity contribution is 6.33. The van der Waals surface area contributed by atoms with Crippen molar-refractivity contribution in [3.63, 3.8) is 0 Å². The Morgan fingerprint density at radius 1 is 1.18 bits per heavy atom. The van der Waals surface area contributed by atoms with E-state index in [9.17, 15) is 18.0 Å². The minimum atomic E-state index is -4.83. The smallest absolute Gasteiger partial charge is 0.405 e. The second-order valence-corrected chi connectivity index (χ2v) is 7.90. The Labute approximate surface area is 197 Å². The van der Waals surface area contributed by atoms with Crippen LogP contribution in [0.1, 0.15) is 19.3 Å². The molecule has 1 saturated heterocycles. The van der Waals surface area contributed by atoms with E-state index < -0.39 is 12.5 Å². The maximum Gasteiger partial charge on any atom is 0.573 e. The average molecular weight is 494 g/mol. The standard InChI is InChI=1S/C21H19ClF3N7O2/c22-17-11-14(8-9-15(17)16-5-1-2-6-18(16)34-21(23,24)25)27-28-19-7-3-4-10-32(19)20(33)12-31-13-26-29-30-31/h1-2,5-6,8-9,11,13,19H,3-4,7,10,12H2. The molecule has 1 aliphatic rings. The number of tetrazole rings is 1. The number of rotatable bonds is 6. The highest BCUT2D eigenvalue weighted by Crippen LogP contribution is 2.38. The van der Waals surface area contributed by atoms with Gasteiger partial charge in [0.15, 0.2) is 0 Å². The number of ether oxygens (including phenoxy) is 1. The summed E-state index contributed by atoms with van der Waals surface area (Å²) < 4.78 is 43.7. The molecule has 0 N–H and O–H groups in total. The van der Waals surface area contributed by atoms with Crippen molar-refractivity contribution in [2.75, 3.05) is 6.54 Å². The number of alkyl halides is 3. The number of carbonyl (C=O) groups excluding carboxylic acids is 1. The number of amides is 1. The first-order chi connectivity index (χ1) is 16.3. The van der Waals surface area contributed by atoms with Crippen molar-refractivity contribution >= 4 is 23.2 Å². The Bertz CT molecular complexity index is 1170. The van der Waals surface area contributed by atoms with Crippen LogP contribution in [0.25, 0.3) is 11.1 Å². The molecule has 13 heteroatoms. The molecule has 1 aliphatic heterocycles. The first-order valence-electron chi connectivity index (χ1n) is 10.4. The van der Waals surface area contributed by atoms with Gasteiger partial charge >= 0.3 is 6.36 Å². The molecular formula is C21H19ClF3N7O2. The number of nitrogens with zero attached hydrogens (tertiary/aromatic N) is 7. The first-order valence-corrected chi connectivity index (χ1v) is 10.7. The van der Waals surface area contributed by atoms with E-state index in [2.05, 4.69) is 30.5 Å². The fourth-order valence-corrected chi connectivity index (χ4v) is 3.90. The van der Waals surface area contributed by atoms with Crippen LogP contribution in [-0.2, 0) is 11.3 Å². The van der Waals surface area contributed by atoms with Crippen molar-refractivity contribution in [1.29, 1.82) is 0 Å². The summed E-state index contributed by atoms with van der Waals surface area (Å²) in [5, 5.41) is 19.5. The highest BCUT2D eigenvalue weighted by Gasteiger charge is 2.32. The van der Waals surface area contributed by atoms with Crippen molar-refractivity contribution in [3.8, 4) is 16.9 Å². The van der Waals surface area contributed by atoms with Crippen molar-refractivity contribution in [3.05, 3.63) is 53.8 Å². The minimum absolute atomic E-state index is 0.00104. The summed E-state index contributed by atoms with van der Waals surface area (Å²) in [6.07, 6.45) is -1.51.